The number of sulfonamides is 1. The van der Waals surface area contributed by atoms with Crippen molar-refractivity contribution in [3.8, 4) is 11.8 Å². The predicted molar refractivity (Wildman–Crippen MR) is 154 cm³/mol. The van der Waals surface area contributed by atoms with Crippen molar-refractivity contribution in [3.05, 3.63) is 101 Å². The highest BCUT2D eigenvalue weighted by atomic mass is 35.5. The number of halogens is 1. The van der Waals surface area contributed by atoms with Crippen LogP contribution >= 0.6 is 11.6 Å². The average Bonchev–Trinajstić information content (AvgIpc) is 3.29. The second-order valence-electron chi connectivity index (χ2n) is 8.57. The molecular weight excluding hydrogens is 584 g/mol. The molecule has 3 amide bonds. The fourth-order valence-electron chi connectivity index (χ4n) is 3.77. The molecular formula is C28H23ClN6O6S. The molecule has 0 aliphatic carbocycles. The molecule has 1 heterocycles. The standard InChI is InChI=1S/C28H23ClN6O6S/c1-2-41-27(37)18-8-12-20(13-9-18)31-25(36)16-24-23(17-30)26(35(33-24)21-6-4-3-5-7-21)32-28(38)34-42(39,40)22-14-10-19(29)11-15-22/h3-15H,2,16H2,1H3,(H,31,36)(H2,32,34,38). The van der Waals surface area contributed by atoms with E-state index in [0.717, 1.165) is 0 Å². The molecule has 1 aromatic heterocycles. The Hall–Kier alpha value is -5.19. The molecule has 3 aromatic carbocycles. The van der Waals surface area contributed by atoms with Crippen LogP contribution in [0.15, 0.2) is 83.8 Å². The number of aromatic nitrogens is 2. The number of hydrogen-bond donors (Lipinski definition) is 3. The summed E-state index contributed by atoms with van der Waals surface area (Å²) in [6.07, 6.45) is -0.359. The van der Waals surface area contributed by atoms with E-state index in [9.17, 15) is 28.1 Å². The molecule has 12 nitrogen and oxygen atoms in total. The molecule has 214 valence electrons. The van der Waals surface area contributed by atoms with Gasteiger partial charge in [0.2, 0.25) is 5.91 Å². The Kier molecular flexibility index (Phi) is 9.21. The Labute approximate surface area is 245 Å². The van der Waals surface area contributed by atoms with Crippen molar-refractivity contribution in [3.63, 3.8) is 0 Å². The first kappa shape index (κ1) is 29.8. The van der Waals surface area contributed by atoms with E-state index in [2.05, 4.69) is 15.7 Å². The van der Waals surface area contributed by atoms with Crippen LogP contribution in [-0.2, 0) is 26.0 Å². The van der Waals surface area contributed by atoms with Crippen molar-refractivity contribution >= 4 is 51.0 Å². The highest BCUT2D eigenvalue weighted by molar-refractivity contribution is 7.90. The van der Waals surface area contributed by atoms with Gasteiger partial charge in [-0.1, -0.05) is 29.8 Å². The number of nitrogens with zero attached hydrogens (tertiary/aromatic N) is 3. The number of ether oxygens (including phenoxy) is 1. The van der Waals surface area contributed by atoms with Crippen LogP contribution in [-0.4, -0.2) is 42.7 Å². The minimum absolute atomic E-state index is 0.0258. The lowest BCUT2D eigenvalue weighted by Gasteiger charge is -2.11. The number of rotatable bonds is 9. The highest BCUT2D eigenvalue weighted by Gasteiger charge is 2.25. The quantitative estimate of drug-likeness (QED) is 0.237. The molecule has 42 heavy (non-hydrogen) atoms. The SMILES string of the molecule is CCOC(=O)c1ccc(NC(=O)Cc2nn(-c3ccccc3)c(NC(=O)NS(=O)(=O)c3ccc(Cl)cc3)c2C#N)cc1. The molecule has 0 fully saturated rings. The number of urea groups is 1. The zero-order valence-corrected chi connectivity index (χ0v) is 23.6. The monoisotopic (exact) mass is 606 g/mol. The largest absolute Gasteiger partial charge is 0.462 e. The van der Waals surface area contributed by atoms with Gasteiger partial charge in [0.05, 0.1) is 34.9 Å². The van der Waals surface area contributed by atoms with Gasteiger partial charge in [-0.15, -0.1) is 0 Å². The molecule has 0 spiro atoms. The van der Waals surface area contributed by atoms with Gasteiger partial charge in [-0.3, -0.25) is 10.1 Å². The lowest BCUT2D eigenvalue weighted by atomic mass is 10.1. The fraction of sp³-hybridized carbons (Fsp3) is 0.107. The summed E-state index contributed by atoms with van der Waals surface area (Å²) in [5.41, 5.74) is 1.02. The van der Waals surface area contributed by atoms with Crippen LogP contribution in [0.2, 0.25) is 5.02 Å². The number of para-hydroxylation sites is 1. The minimum Gasteiger partial charge on any atom is -0.462 e. The molecule has 0 saturated carbocycles. The molecule has 0 unspecified atom stereocenters. The maximum atomic E-state index is 12.9. The van der Waals surface area contributed by atoms with Gasteiger partial charge < -0.3 is 10.1 Å². The van der Waals surface area contributed by atoms with Crippen LogP contribution in [0.5, 0.6) is 0 Å². The third-order valence-corrected chi connectivity index (χ3v) is 7.26. The van der Waals surface area contributed by atoms with Gasteiger partial charge in [0.15, 0.2) is 5.82 Å². The van der Waals surface area contributed by atoms with Crippen LogP contribution in [0, 0.1) is 11.3 Å². The second kappa shape index (κ2) is 13.0. The number of hydrogen-bond acceptors (Lipinski definition) is 8. The van der Waals surface area contributed by atoms with Crippen molar-refractivity contribution in [1.82, 2.24) is 14.5 Å². The van der Waals surface area contributed by atoms with Gasteiger partial charge in [-0.25, -0.2) is 27.4 Å². The van der Waals surface area contributed by atoms with Crippen LogP contribution in [0.25, 0.3) is 5.69 Å². The van der Waals surface area contributed by atoms with E-state index < -0.39 is 27.9 Å². The third-order valence-electron chi connectivity index (χ3n) is 5.66. The zero-order chi connectivity index (χ0) is 30.3. The Bertz CT molecular complexity index is 1770. The number of esters is 1. The minimum atomic E-state index is -4.28. The summed E-state index contributed by atoms with van der Waals surface area (Å²) in [5.74, 6) is -1.17. The highest BCUT2D eigenvalue weighted by Crippen LogP contribution is 2.25. The molecule has 0 bridgehead atoms. The van der Waals surface area contributed by atoms with E-state index in [0.29, 0.717) is 22.0 Å². The third kappa shape index (κ3) is 7.11. The number of anilines is 2. The fourth-order valence-corrected chi connectivity index (χ4v) is 4.80. The first-order valence-electron chi connectivity index (χ1n) is 12.3. The number of carbonyl (C=O) groups excluding carboxylic acids is 3. The van der Waals surface area contributed by atoms with Crippen molar-refractivity contribution in [2.45, 2.75) is 18.2 Å². The number of amides is 3. The van der Waals surface area contributed by atoms with Crippen molar-refractivity contribution < 1.29 is 27.5 Å². The van der Waals surface area contributed by atoms with Crippen molar-refractivity contribution in [2.75, 3.05) is 17.2 Å². The number of carbonyl (C=O) groups is 3. The van der Waals surface area contributed by atoms with Gasteiger partial charge >= 0.3 is 12.0 Å². The average molecular weight is 607 g/mol. The summed E-state index contributed by atoms with van der Waals surface area (Å²) in [5, 5.41) is 19.7. The number of nitrogens with one attached hydrogen (secondary N) is 3. The van der Waals surface area contributed by atoms with E-state index in [-0.39, 0.29) is 35.0 Å². The summed E-state index contributed by atoms with van der Waals surface area (Å²) < 4.78 is 33.4. The molecule has 0 saturated heterocycles. The van der Waals surface area contributed by atoms with E-state index in [4.69, 9.17) is 16.3 Å². The van der Waals surface area contributed by atoms with E-state index in [1.165, 1.54) is 53.2 Å². The lowest BCUT2D eigenvalue weighted by Crippen LogP contribution is -2.35. The van der Waals surface area contributed by atoms with Gasteiger partial charge in [-0.05, 0) is 67.6 Å². The van der Waals surface area contributed by atoms with Gasteiger partial charge in [0, 0.05) is 10.7 Å². The Morgan fingerprint density at radius 3 is 2.26 bits per heavy atom. The molecule has 0 aliphatic heterocycles. The summed E-state index contributed by atoms with van der Waals surface area (Å²) in [7, 11) is -4.28. The first-order chi connectivity index (χ1) is 20.1. The Morgan fingerprint density at radius 2 is 1.64 bits per heavy atom. The first-order valence-corrected chi connectivity index (χ1v) is 14.2. The molecule has 0 aliphatic rings. The summed E-state index contributed by atoms with van der Waals surface area (Å²) in [4.78, 5) is 37.3. The lowest BCUT2D eigenvalue weighted by molar-refractivity contribution is -0.115. The zero-order valence-electron chi connectivity index (χ0n) is 22.0. The second-order valence-corrected chi connectivity index (χ2v) is 10.7. The molecule has 0 atom stereocenters. The van der Waals surface area contributed by atoms with Crippen LogP contribution in [0.4, 0.5) is 16.3 Å². The maximum absolute atomic E-state index is 12.9. The number of benzene rings is 3. The van der Waals surface area contributed by atoms with E-state index >= 15 is 0 Å². The van der Waals surface area contributed by atoms with Crippen molar-refractivity contribution in [1.29, 1.82) is 5.26 Å². The van der Waals surface area contributed by atoms with Gasteiger partial charge in [0.25, 0.3) is 10.0 Å². The smallest absolute Gasteiger partial charge is 0.338 e. The molecule has 0 radical (unpaired) electrons. The van der Waals surface area contributed by atoms with Gasteiger partial charge in [0.1, 0.15) is 11.6 Å². The Morgan fingerprint density at radius 1 is 0.976 bits per heavy atom. The van der Waals surface area contributed by atoms with Crippen molar-refractivity contribution in [2.24, 2.45) is 0 Å². The van der Waals surface area contributed by atoms with Gasteiger partial charge in [-0.2, -0.15) is 10.4 Å². The van der Waals surface area contributed by atoms with E-state index in [1.54, 1.807) is 37.3 Å². The van der Waals surface area contributed by atoms with Crippen LogP contribution < -0.4 is 15.4 Å². The van der Waals surface area contributed by atoms with Crippen LogP contribution in [0.3, 0.4) is 0 Å². The maximum Gasteiger partial charge on any atom is 0.338 e. The Balaban J connectivity index is 1.58. The van der Waals surface area contributed by atoms with E-state index in [1.807, 2.05) is 10.8 Å². The summed E-state index contributed by atoms with van der Waals surface area (Å²) >= 11 is 5.82. The number of nitriles is 1. The summed E-state index contributed by atoms with van der Waals surface area (Å²) in [6, 6.07) is 20.5. The van der Waals surface area contributed by atoms with Crippen LogP contribution in [0.1, 0.15) is 28.5 Å². The molecule has 3 N–H and O–H groups in total. The molecule has 4 aromatic rings. The normalized spacial score (nSPS) is 10.8. The molecule has 4 rings (SSSR count). The topological polar surface area (TPSA) is 172 Å². The predicted octanol–water partition coefficient (Wildman–Crippen LogP) is 4.27. The molecule has 14 heteroatoms. The summed E-state index contributed by atoms with van der Waals surface area (Å²) in [6.45, 7) is 1.92.